The lowest BCUT2D eigenvalue weighted by Crippen LogP contribution is -2.44. The topological polar surface area (TPSA) is 46.5 Å². The second-order valence-electron chi connectivity index (χ2n) is 4.85. The van der Waals surface area contributed by atoms with Crippen LogP contribution in [0.1, 0.15) is 11.1 Å². The van der Waals surface area contributed by atoms with Gasteiger partial charge in [0.15, 0.2) is 5.60 Å². The van der Waals surface area contributed by atoms with Crippen molar-refractivity contribution in [1.82, 2.24) is 0 Å². The zero-order chi connectivity index (χ0) is 14.4. The molecule has 0 heterocycles. The van der Waals surface area contributed by atoms with Gasteiger partial charge in [0.25, 0.3) is 0 Å². The normalized spacial score (nSPS) is 11.1. The van der Waals surface area contributed by atoms with E-state index in [-0.39, 0.29) is 12.8 Å². The molecule has 0 saturated heterocycles. The van der Waals surface area contributed by atoms with Gasteiger partial charge in [-0.25, -0.2) is 4.79 Å². The Balaban J connectivity index is 2.24. The van der Waals surface area contributed by atoms with Gasteiger partial charge in [-0.3, -0.25) is 0 Å². The summed E-state index contributed by atoms with van der Waals surface area (Å²) in [5, 5.41) is 10.7. The molecule has 0 unspecified atom stereocenters. The van der Waals surface area contributed by atoms with Crippen LogP contribution in [-0.2, 0) is 22.4 Å². The first-order chi connectivity index (χ1) is 9.64. The minimum atomic E-state index is -1.54. The summed E-state index contributed by atoms with van der Waals surface area (Å²) in [6.07, 6.45) is 0.463. The third kappa shape index (κ3) is 3.45. The Morgan fingerprint density at radius 3 is 1.70 bits per heavy atom. The van der Waals surface area contributed by atoms with Crippen LogP contribution in [0.2, 0.25) is 0 Å². The minimum Gasteiger partial charge on any atom is -0.467 e. The fraction of sp³-hybridized carbons (Fsp3) is 0.235. The van der Waals surface area contributed by atoms with Gasteiger partial charge in [0.05, 0.1) is 7.11 Å². The molecule has 0 aliphatic rings. The molecule has 0 radical (unpaired) electrons. The first-order valence-corrected chi connectivity index (χ1v) is 6.53. The number of hydrogen-bond acceptors (Lipinski definition) is 3. The van der Waals surface area contributed by atoms with Crippen molar-refractivity contribution in [3.8, 4) is 0 Å². The standard InChI is InChI=1S/C17H18O3/c1-20-16(18)17(19,12-14-8-4-2-5-9-14)13-15-10-6-3-7-11-15/h2-11,19H,12-13H2,1H3. The fourth-order valence-corrected chi connectivity index (χ4v) is 2.26. The van der Waals surface area contributed by atoms with Crippen molar-refractivity contribution >= 4 is 5.97 Å². The highest BCUT2D eigenvalue weighted by atomic mass is 16.5. The Morgan fingerprint density at radius 1 is 0.950 bits per heavy atom. The number of methoxy groups -OCH3 is 1. The number of esters is 1. The molecule has 0 saturated carbocycles. The average molecular weight is 270 g/mol. The summed E-state index contributed by atoms with van der Waals surface area (Å²) in [7, 11) is 1.29. The van der Waals surface area contributed by atoms with Crippen LogP contribution in [0.25, 0.3) is 0 Å². The van der Waals surface area contributed by atoms with Gasteiger partial charge in [0.1, 0.15) is 0 Å². The van der Waals surface area contributed by atoms with E-state index in [0.717, 1.165) is 11.1 Å². The van der Waals surface area contributed by atoms with E-state index in [1.165, 1.54) is 7.11 Å². The van der Waals surface area contributed by atoms with Crippen LogP contribution in [0.5, 0.6) is 0 Å². The molecule has 2 aromatic carbocycles. The van der Waals surface area contributed by atoms with E-state index >= 15 is 0 Å². The number of rotatable bonds is 5. The highest BCUT2D eigenvalue weighted by Gasteiger charge is 2.37. The summed E-state index contributed by atoms with van der Waals surface area (Å²) in [5.74, 6) is -0.606. The number of benzene rings is 2. The predicted molar refractivity (Wildman–Crippen MR) is 77.3 cm³/mol. The Kier molecular flexibility index (Phi) is 4.53. The maximum atomic E-state index is 12.0. The smallest absolute Gasteiger partial charge is 0.338 e. The second kappa shape index (κ2) is 6.35. The summed E-state index contributed by atoms with van der Waals surface area (Å²) in [5.41, 5.74) is 0.255. The molecule has 3 nitrogen and oxygen atoms in total. The van der Waals surface area contributed by atoms with Crippen LogP contribution in [0.4, 0.5) is 0 Å². The van der Waals surface area contributed by atoms with Crippen LogP contribution >= 0.6 is 0 Å². The Bertz CT molecular complexity index is 507. The van der Waals surface area contributed by atoms with Crippen LogP contribution < -0.4 is 0 Å². The lowest BCUT2D eigenvalue weighted by Gasteiger charge is -2.25. The van der Waals surface area contributed by atoms with Crippen molar-refractivity contribution in [3.63, 3.8) is 0 Å². The number of carbonyl (C=O) groups is 1. The molecule has 0 fully saturated rings. The van der Waals surface area contributed by atoms with Crippen molar-refractivity contribution in [2.45, 2.75) is 18.4 Å². The Hall–Kier alpha value is -2.13. The number of aliphatic hydroxyl groups is 1. The number of hydrogen-bond donors (Lipinski definition) is 1. The third-order valence-electron chi connectivity index (χ3n) is 3.24. The summed E-state index contributed by atoms with van der Waals surface area (Å²) < 4.78 is 4.77. The number of carbonyl (C=O) groups excluding carboxylic acids is 1. The molecule has 2 aromatic rings. The molecule has 0 bridgehead atoms. The second-order valence-corrected chi connectivity index (χ2v) is 4.85. The molecule has 0 aromatic heterocycles. The average Bonchev–Trinajstić information content (AvgIpc) is 2.48. The van der Waals surface area contributed by atoms with Crippen LogP contribution in [0.15, 0.2) is 60.7 Å². The molecule has 20 heavy (non-hydrogen) atoms. The van der Waals surface area contributed by atoms with E-state index < -0.39 is 11.6 Å². The fourth-order valence-electron chi connectivity index (χ4n) is 2.26. The van der Waals surface area contributed by atoms with Crippen molar-refractivity contribution in [1.29, 1.82) is 0 Å². The Morgan fingerprint density at radius 2 is 1.35 bits per heavy atom. The van der Waals surface area contributed by atoms with Crippen molar-refractivity contribution in [2.24, 2.45) is 0 Å². The van der Waals surface area contributed by atoms with E-state index in [4.69, 9.17) is 4.74 Å². The quantitative estimate of drug-likeness (QED) is 0.848. The molecule has 104 valence electrons. The van der Waals surface area contributed by atoms with E-state index in [1.54, 1.807) is 0 Å². The summed E-state index contributed by atoms with van der Waals surface area (Å²) in [6.45, 7) is 0. The van der Waals surface area contributed by atoms with E-state index in [9.17, 15) is 9.90 Å². The molecule has 2 rings (SSSR count). The SMILES string of the molecule is COC(=O)C(O)(Cc1ccccc1)Cc1ccccc1. The van der Waals surface area contributed by atoms with Gasteiger partial charge in [0, 0.05) is 12.8 Å². The molecule has 0 amide bonds. The predicted octanol–water partition coefficient (Wildman–Crippen LogP) is 2.38. The zero-order valence-corrected chi connectivity index (χ0v) is 11.5. The third-order valence-corrected chi connectivity index (χ3v) is 3.24. The van der Waals surface area contributed by atoms with Gasteiger partial charge in [-0.15, -0.1) is 0 Å². The summed E-state index contributed by atoms with van der Waals surface area (Å²) >= 11 is 0. The summed E-state index contributed by atoms with van der Waals surface area (Å²) in [6, 6.07) is 18.9. The highest BCUT2D eigenvalue weighted by Crippen LogP contribution is 2.21. The lowest BCUT2D eigenvalue weighted by atomic mass is 9.88. The lowest BCUT2D eigenvalue weighted by molar-refractivity contribution is -0.162. The van der Waals surface area contributed by atoms with Crippen LogP contribution in [-0.4, -0.2) is 23.8 Å². The molecule has 0 atom stereocenters. The van der Waals surface area contributed by atoms with Crippen molar-refractivity contribution in [3.05, 3.63) is 71.8 Å². The first kappa shape index (κ1) is 14.3. The van der Waals surface area contributed by atoms with Gasteiger partial charge in [0.2, 0.25) is 0 Å². The van der Waals surface area contributed by atoms with E-state index in [0.29, 0.717) is 0 Å². The molecule has 1 N–H and O–H groups in total. The van der Waals surface area contributed by atoms with Crippen molar-refractivity contribution in [2.75, 3.05) is 7.11 Å². The van der Waals surface area contributed by atoms with E-state index in [1.807, 2.05) is 60.7 Å². The Labute approximate surface area is 118 Å². The molecule has 0 aliphatic carbocycles. The van der Waals surface area contributed by atoms with Gasteiger partial charge >= 0.3 is 5.97 Å². The van der Waals surface area contributed by atoms with Gasteiger partial charge in [-0.05, 0) is 11.1 Å². The van der Waals surface area contributed by atoms with Crippen LogP contribution in [0, 0.1) is 0 Å². The maximum Gasteiger partial charge on any atom is 0.338 e. The molecule has 0 spiro atoms. The van der Waals surface area contributed by atoms with E-state index in [2.05, 4.69) is 0 Å². The van der Waals surface area contributed by atoms with Gasteiger partial charge < -0.3 is 9.84 Å². The zero-order valence-electron chi connectivity index (χ0n) is 11.5. The van der Waals surface area contributed by atoms with Gasteiger partial charge in [-0.1, -0.05) is 60.7 Å². The van der Waals surface area contributed by atoms with Crippen molar-refractivity contribution < 1.29 is 14.6 Å². The van der Waals surface area contributed by atoms with Gasteiger partial charge in [-0.2, -0.15) is 0 Å². The number of ether oxygens (including phenoxy) is 1. The molecular weight excluding hydrogens is 252 g/mol. The maximum absolute atomic E-state index is 12.0. The molecule has 3 heteroatoms. The largest absolute Gasteiger partial charge is 0.467 e. The van der Waals surface area contributed by atoms with Crippen LogP contribution in [0.3, 0.4) is 0 Å². The molecule has 0 aliphatic heterocycles. The molecular formula is C17H18O3. The highest BCUT2D eigenvalue weighted by molar-refractivity contribution is 5.80. The monoisotopic (exact) mass is 270 g/mol. The minimum absolute atomic E-state index is 0.232. The summed E-state index contributed by atoms with van der Waals surface area (Å²) in [4.78, 5) is 12.0. The first-order valence-electron chi connectivity index (χ1n) is 6.53.